The van der Waals surface area contributed by atoms with Crippen molar-refractivity contribution >= 4 is 12.2 Å². The zero-order valence-electron chi connectivity index (χ0n) is 8.77. The molecule has 0 saturated heterocycles. The number of rotatable bonds is 7. The lowest BCUT2D eigenvalue weighted by molar-refractivity contribution is -0.109. The van der Waals surface area contributed by atoms with Crippen molar-refractivity contribution in [1.82, 2.24) is 14.9 Å². The molecule has 1 N–H and O–H groups in total. The number of hydrogen-bond acceptors (Lipinski definition) is 3. The smallest absolute Gasteiger partial charge is 0.207 e. The Morgan fingerprint density at radius 3 is 3.27 bits per heavy atom. The lowest BCUT2D eigenvalue weighted by Gasteiger charge is -2.01. The topological polar surface area (TPSA) is 56.1 Å². The maximum Gasteiger partial charge on any atom is 0.207 e. The van der Waals surface area contributed by atoms with Crippen molar-refractivity contribution in [1.29, 1.82) is 0 Å². The van der Waals surface area contributed by atoms with Crippen LogP contribution in [0.3, 0.4) is 0 Å². The van der Waals surface area contributed by atoms with Gasteiger partial charge in [0.1, 0.15) is 11.5 Å². The molecule has 0 spiro atoms. The molecule has 0 unspecified atom stereocenters. The van der Waals surface area contributed by atoms with Crippen LogP contribution >= 0.6 is 0 Å². The molecule has 0 bridgehead atoms. The molecule has 0 aliphatic carbocycles. The number of aromatic nitrogens is 2. The lowest BCUT2D eigenvalue weighted by atomic mass is 10.4. The van der Waals surface area contributed by atoms with Crippen molar-refractivity contribution in [2.75, 3.05) is 13.7 Å². The van der Waals surface area contributed by atoms with E-state index in [1.54, 1.807) is 13.4 Å². The van der Waals surface area contributed by atoms with Gasteiger partial charge in [-0.1, -0.05) is 6.58 Å². The fourth-order valence-corrected chi connectivity index (χ4v) is 1.15. The molecule has 82 valence electrons. The predicted octanol–water partition coefficient (Wildman–Crippen LogP) is 0.636. The lowest BCUT2D eigenvalue weighted by Crippen LogP contribution is -2.13. The maximum absolute atomic E-state index is 9.99. The van der Waals surface area contributed by atoms with Gasteiger partial charge in [0.25, 0.3) is 0 Å². The Balaban J connectivity index is 2.39. The summed E-state index contributed by atoms with van der Waals surface area (Å²) in [5.41, 5.74) is 0.737. The van der Waals surface area contributed by atoms with Crippen LogP contribution in [-0.4, -0.2) is 29.6 Å². The summed E-state index contributed by atoms with van der Waals surface area (Å²) in [6.45, 7) is 5.19. The van der Waals surface area contributed by atoms with E-state index in [1.165, 1.54) is 0 Å². The maximum atomic E-state index is 9.99. The predicted molar refractivity (Wildman–Crippen MR) is 57.0 cm³/mol. The highest BCUT2D eigenvalue weighted by atomic mass is 16.5. The minimum Gasteiger partial charge on any atom is -0.495 e. The molecule has 1 aromatic rings. The van der Waals surface area contributed by atoms with Crippen LogP contribution in [0.5, 0.6) is 0 Å². The number of aryl methyl sites for hydroxylation is 1. The van der Waals surface area contributed by atoms with Gasteiger partial charge >= 0.3 is 0 Å². The molecule has 0 atom stereocenters. The van der Waals surface area contributed by atoms with Crippen LogP contribution in [0.25, 0.3) is 5.76 Å². The van der Waals surface area contributed by atoms with Gasteiger partial charge in [-0.2, -0.15) is 0 Å². The van der Waals surface area contributed by atoms with Gasteiger partial charge in [0.05, 0.1) is 13.4 Å². The summed E-state index contributed by atoms with van der Waals surface area (Å²) >= 11 is 0. The van der Waals surface area contributed by atoms with E-state index < -0.39 is 0 Å². The molecule has 1 rings (SSSR count). The molecule has 5 heteroatoms. The Bertz CT molecular complexity index is 333. The van der Waals surface area contributed by atoms with Crippen LogP contribution in [0.15, 0.2) is 19.1 Å². The molecule has 0 aromatic carbocycles. The molecular formula is C10H15N3O2. The van der Waals surface area contributed by atoms with Crippen LogP contribution in [0.1, 0.15) is 12.1 Å². The number of ether oxygens (including phenoxy) is 1. The van der Waals surface area contributed by atoms with E-state index in [-0.39, 0.29) is 0 Å². The minimum absolute atomic E-state index is 0.555. The number of carbonyl (C=O) groups excluding carboxylic acids is 1. The van der Waals surface area contributed by atoms with Crippen molar-refractivity contribution in [3.05, 3.63) is 24.8 Å². The van der Waals surface area contributed by atoms with E-state index in [9.17, 15) is 4.79 Å². The summed E-state index contributed by atoms with van der Waals surface area (Å²) in [5.74, 6) is 0.555. The van der Waals surface area contributed by atoms with E-state index in [0.717, 1.165) is 18.7 Å². The second-order valence-electron chi connectivity index (χ2n) is 3.05. The first kappa shape index (κ1) is 11.3. The minimum atomic E-state index is 0.555. The Labute approximate surface area is 88.8 Å². The molecule has 1 aromatic heterocycles. The monoisotopic (exact) mass is 209 g/mol. The fraction of sp³-hybridized carbons (Fsp3) is 0.400. The Morgan fingerprint density at radius 1 is 1.80 bits per heavy atom. The van der Waals surface area contributed by atoms with Gasteiger partial charge in [-0.25, -0.2) is 4.98 Å². The van der Waals surface area contributed by atoms with E-state index >= 15 is 0 Å². The van der Waals surface area contributed by atoms with Crippen molar-refractivity contribution in [2.45, 2.75) is 13.0 Å². The van der Waals surface area contributed by atoms with Crippen LogP contribution in [0.4, 0.5) is 0 Å². The van der Waals surface area contributed by atoms with Crippen molar-refractivity contribution < 1.29 is 9.53 Å². The van der Waals surface area contributed by atoms with Gasteiger partial charge in [0.15, 0.2) is 0 Å². The zero-order valence-corrected chi connectivity index (χ0v) is 8.77. The molecule has 0 saturated carbocycles. The largest absolute Gasteiger partial charge is 0.495 e. The van der Waals surface area contributed by atoms with Crippen molar-refractivity contribution in [3.8, 4) is 0 Å². The van der Waals surface area contributed by atoms with Crippen LogP contribution < -0.4 is 5.32 Å². The summed E-state index contributed by atoms with van der Waals surface area (Å²) in [4.78, 5) is 14.1. The normalized spacial score (nSPS) is 9.67. The summed E-state index contributed by atoms with van der Waals surface area (Å²) in [5, 5.41) is 2.60. The molecule has 0 aliphatic heterocycles. The average molecular weight is 209 g/mol. The van der Waals surface area contributed by atoms with Crippen molar-refractivity contribution in [3.63, 3.8) is 0 Å². The molecule has 0 radical (unpaired) electrons. The SMILES string of the molecule is C=C(OC)c1cn(CCCNC=O)cn1. The molecular weight excluding hydrogens is 194 g/mol. The number of amides is 1. The first-order chi connectivity index (χ1) is 7.27. The first-order valence-electron chi connectivity index (χ1n) is 4.70. The third-order valence-electron chi connectivity index (χ3n) is 1.99. The Kier molecular flexibility index (Phi) is 4.40. The third kappa shape index (κ3) is 3.46. The second kappa shape index (κ2) is 5.85. The second-order valence-corrected chi connectivity index (χ2v) is 3.05. The molecule has 15 heavy (non-hydrogen) atoms. The third-order valence-corrected chi connectivity index (χ3v) is 1.99. The van der Waals surface area contributed by atoms with E-state index in [1.807, 2.05) is 10.8 Å². The van der Waals surface area contributed by atoms with Gasteiger partial charge in [0.2, 0.25) is 6.41 Å². The average Bonchev–Trinajstić information content (AvgIpc) is 2.72. The zero-order chi connectivity index (χ0) is 11.1. The number of carbonyl (C=O) groups is 1. The van der Waals surface area contributed by atoms with Gasteiger partial charge in [-0.05, 0) is 6.42 Å². The Morgan fingerprint density at radius 2 is 2.60 bits per heavy atom. The van der Waals surface area contributed by atoms with Gasteiger partial charge in [-0.15, -0.1) is 0 Å². The van der Waals surface area contributed by atoms with E-state index in [2.05, 4.69) is 16.9 Å². The number of hydrogen-bond donors (Lipinski definition) is 1. The first-order valence-corrected chi connectivity index (χ1v) is 4.70. The van der Waals surface area contributed by atoms with E-state index in [4.69, 9.17) is 4.74 Å². The number of imidazole rings is 1. The number of nitrogens with one attached hydrogen (secondary N) is 1. The van der Waals surface area contributed by atoms with Crippen LogP contribution in [-0.2, 0) is 16.1 Å². The summed E-state index contributed by atoms with van der Waals surface area (Å²) in [6.07, 6.45) is 5.16. The Hall–Kier alpha value is -1.78. The number of methoxy groups -OCH3 is 1. The number of nitrogens with zero attached hydrogens (tertiary/aromatic N) is 2. The van der Waals surface area contributed by atoms with Gasteiger partial charge < -0.3 is 14.6 Å². The van der Waals surface area contributed by atoms with Gasteiger partial charge in [-0.3, -0.25) is 4.79 Å². The summed E-state index contributed by atoms with van der Waals surface area (Å²) in [6, 6.07) is 0. The summed E-state index contributed by atoms with van der Waals surface area (Å²) < 4.78 is 6.90. The van der Waals surface area contributed by atoms with Crippen molar-refractivity contribution in [2.24, 2.45) is 0 Å². The van der Waals surface area contributed by atoms with Crippen LogP contribution in [0, 0.1) is 0 Å². The molecule has 1 amide bonds. The standard InChI is InChI=1S/C10H15N3O2/c1-9(15-2)10-6-13(7-12-10)5-3-4-11-8-14/h6-8H,1,3-5H2,2H3,(H,11,14). The quantitative estimate of drug-likeness (QED) is 0.407. The van der Waals surface area contributed by atoms with Gasteiger partial charge in [0, 0.05) is 19.3 Å². The molecule has 0 fully saturated rings. The summed E-state index contributed by atoms with van der Waals surface area (Å²) in [7, 11) is 1.56. The highest BCUT2D eigenvalue weighted by Gasteiger charge is 2.02. The molecule has 0 aliphatic rings. The molecule has 5 nitrogen and oxygen atoms in total. The van der Waals surface area contributed by atoms with E-state index in [0.29, 0.717) is 18.7 Å². The highest BCUT2D eigenvalue weighted by Crippen LogP contribution is 2.09. The highest BCUT2D eigenvalue weighted by molar-refractivity contribution is 5.52. The fourth-order valence-electron chi connectivity index (χ4n) is 1.15. The molecule has 1 heterocycles. The van der Waals surface area contributed by atoms with Crippen LogP contribution in [0.2, 0.25) is 0 Å².